The van der Waals surface area contributed by atoms with E-state index in [1.807, 2.05) is 18.2 Å². The van der Waals surface area contributed by atoms with Crippen molar-refractivity contribution in [2.75, 3.05) is 47.3 Å². The molecule has 8 heteroatoms. The fourth-order valence-electron chi connectivity index (χ4n) is 4.23. The smallest absolute Gasteiger partial charge is 0.254 e. The lowest BCUT2D eigenvalue weighted by Crippen LogP contribution is -2.30. The van der Waals surface area contributed by atoms with Crippen molar-refractivity contribution in [1.82, 2.24) is 25.4 Å². The maximum atomic E-state index is 12.1. The lowest BCUT2D eigenvalue weighted by molar-refractivity contribution is 0.0827. The van der Waals surface area contributed by atoms with Gasteiger partial charge in [0.15, 0.2) is 0 Å². The van der Waals surface area contributed by atoms with Crippen molar-refractivity contribution < 1.29 is 4.79 Å². The van der Waals surface area contributed by atoms with E-state index in [1.54, 1.807) is 38.3 Å². The Hall–Kier alpha value is -3.78. The van der Waals surface area contributed by atoms with Gasteiger partial charge in [0, 0.05) is 76.1 Å². The lowest BCUT2D eigenvalue weighted by Gasteiger charge is -2.27. The highest BCUT2D eigenvalue weighted by Gasteiger charge is 2.17. The second-order valence-corrected chi connectivity index (χ2v) is 9.37. The molecule has 36 heavy (non-hydrogen) atoms. The number of hydrogen-bond donors (Lipinski definition) is 4. The molecule has 8 nitrogen and oxygen atoms in total. The van der Waals surface area contributed by atoms with E-state index in [0.29, 0.717) is 17.1 Å². The fraction of sp³-hybridized carbons (Fsp3) is 0.357. The number of allylic oxidation sites excluding steroid dienone is 5. The van der Waals surface area contributed by atoms with Crippen molar-refractivity contribution in [3.8, 4) is 0 Å². The van der Waals surface area contributed by atoms with Crippen LogP contribution in [0.5, 0.6) is 0 Å². The molecule has 3 rings (SSSR count). The Morgan fingerprint density at radius 1 is 1.25 bits per heavy atom. The first-order chi connectivity index (χ1) is 17.2. The Bertz CT molecular complexity index is 1150. The molecule has 6 N–H and O–H groups in total. The van der Waals surface area contributed by atoms with Gasteiger partial charge in [-0.05, 0) is 50.1 Å². The Balaban J connectivity index is 1.67. The van der Waals surface area contributed by atoms with Crippen LogP contribution in [0.4, 0.5) is 0 Å². The van der Waals surface area contributed by atoms with Crippen LogP contribution in [-0.2, 0) is 0 Å². The summed E-state index contributed by atoms with van der Waals surface area (Å²) < 4.78 is 0. The van der Waals surface area contributed by atoms with Crippen LogP contribution in [0.3, 0.4) is 0 Å². The molecule has 2 aliphatic rings. The number of carbonyl (C=O) groups excluding carboxylic acids is 1. The largest absolute Gasteiger partial charge is 0.398 e. The number of amides is 1. The second kappa shape index (κ2) is 12.3. The molecule has 1 amide bonds. The van der Waals surface area contributed by atoms with Crippen LogP contribution in [0.25, 0.3) is 5.57 Å². The van der Waals surface area contributed by atoms with Crippen LogP contribution in [0.2, 0.25) is 0 Å². The third-order valence-corrected chi connectivity index (χ3v) is 6.31. The van der Waals surface area contributed by atoms with Crippen molar-refractivity contribution in [3.63, 3.8) is 0 Å². The molecule has 3 heterocycles. The van der Waals surface area contributed by atoms with Crippen molar-refractivity contribution >= 4 is 11.5 Å². The van der Waals surface area contributed by atoms with Gasteiger partial charge < -0.3 is 27.0 Å². The first-order valence-corrected chi connectivity index (χ1v) is 12.2. The monoisotopic (exact) mass is 489 g/mol. The molecular weight excluding hydrogens is 450 g/mol. The summed E-state index contributed by atoms with van der Waals surface area (Å²) in [6.45, 7) is 7.66. The number of nitrogens with two attached hydrogens (primary N) is 2. The Kier molecular flexibility index (Phi) is 9.13. The maximum absolute atomic E-state index is 12.1. The molecule has 0 saturated carbocycles. The summed E-state index contributed by atoms with van der Waals surface area (Å²) in [5.74, 6) is 0.527. The molecule has 0 unspecified atom stereocenters. The van der Waals surface area contributed by atoms with Crippen LogP contribution in [0.15, 0.2) is 82.6 Å². The van der Waals surface area contributed by atoms with Crippen LogP contribution in [0, 0.1) is 0 Å². The van der Waals surface area contributed by atoms with E-state index in [1.165, 1.54) is 11.1 Å². The fourth-order valence-corrected chi connectivity index (χ4v) is 4.23. The molecule has 0 fully saturated rings. The molecule has 0 aromatic carbocycles. The van der Waals surface area contributed by atoms with Crippen LogP contribution < -0.4 is 22.1 Å². The van der Waals surface area contributed by atoms with Crippen molar-refractivity contribution in [2.45, 2.75) is 20.3 Å². The molecule has 1 aromatic rings. The number of nitrogens with zero attached hydrogens (tertiary/aromatic N) is 3. The number of hydrogen-bond acceptors (Lipinski definition) is 7. The SMILES string of the molecule is CN/C(N)=C/C=C(\N)C1=CCNC(C)=C1/C=C(\C)CN1CC=C(c2ccc(C(=O)N(C)C)cn2)CC1. The van der Waals surface area contributed by atoms with E-state index in [-0.39, 0.29) is 5.91 Å². The second-order valence-electron chi connectivity index (χ2n) is 9.37. The van der Waals surface area contributed by atoms with Gasteiger partial charge in [-0.2, -0.15) is 0 Å². The minimum absolute atomic E-state index is 0.0348. The van der Waals surface area contributed by atoms with Crippen LogP contribution >= 0.6 is 0 Å². The summed E-state index contributed by atoms with van der Waals surface area (Å²) in [5, 5.41) is 6.31. The number of pyridine rings is 1. The number of aromatic nitrogens is 1. The minimum atomic E-state index is -0.0348. The van der Waals surface area contributed by atoms with E-state index >= 15 is 0 Å². The summed E-state index contributed by atoms with van der Waals surface area (Å²) in [6.07, 6.45) is 12.8. The molecule has 0 saturated heterocycles. The predicted octanol–water partition coefficient (Wildman–Crippen LogP) is 2.48. The highest BCUT2D eigenvalue weighted by molar-refractivity contribution is 5.93. The van der Waals surface area contributed by atoms with Crippen LogP contribution in [0.1, 0.15) is 36.3 Å². The zero-order chi connectivity index (χ0) is 26.2. The zero-order valence-corrected chi connectivity index (χ0v) is 22.1. The Morgan fingerprint density at radius 2 is 2.03 bits per heavy atom. The van der Waals surface area contributed by atoms with Gasteiger partial charge in [-0.25, -0.2) is 0 Å². The molecule has 2 aliphatic heterocycles. The van der Waals surface area contributed by atoms with Crippen molar-refractivity contribution in [1.29, 1.82) is 0 Å². The molecule has 0 aliphatic carbocycles. The molecule has 0 bridgehead atoms. The minimum Gasteiger partial charge on any atom is -0.398 e. The maximum Gasteiger partial charge on any atom is 0.254 e. The molecule has 1 aromatic heterocycles. The summed E-state index contributed by atoms with van der Waals surface area (Å²) in [6, 6.07) is 3.80. The van der Waals surface area contributed by atoms with Gasteiger partial charge in [0.05, 0.1) is 17.1 Å². The van der Waals surface area contributed by atoms with Crippen molar-refractivity contribution in [2.24, 2.45) is 11.5 Å². The average Bonchev–Trinajstić information content (AvgIpc) is 2.88. The molecular formula is C28H39N7O. The van der Waals surface area contributed by atoms with Gasteiger partial charge in [-0.3, -0.25) is 14.7 Å². The van der Waals surface area contributed by atoms with E-state index in [0.717, 1.165) is 55.1 Å². The first kappa shape index (κ1) is 26.8. The number of carbonyl (C=O) groups is 1. The highest BCUT2D eigenvalue weighted by Crippen LogP contribution is 2.26. The molecule has 192 valence electrons. The Labute approximate surface area is 214 Å². The van der Waals surface area contributed by atoms with Crippen LogP contribution in [-0.4, -0.2) is 68.0 Å². The number of dihydropyridines is 1. The third kappa shape index (κ3) is 6.88. The molecule has 0 atom stereocenters. The summed E-state index contributed by atoms with van der Waals surface area (Å²) in [4.78, 5) is 20.6. The van der Waals surface area contributed by atoms with E-state index in [2.05, 4.69) is 52.6 Å². The van der Waals surface area contributed by atoms with Gasteiger partial charge >= 0.3 is 0 Å². The summed E-state index contributed by atoms with van der Waals surface area (Å²) >= 11 is 0. The normalized spacial score (nSPS) is 17.9. The Morgan fingerprint density at radius 3 is 2.64 bits per heavy atom. The number of rotatable bonds is 8. The van der Waals surface area contributed by atoms with Gasteiger partial charge in [0.2, 0.25) is 0 Å². The average molecular weight is 490 g/mol. The summed E-state index contributed by atoms with van der Waals surface area (Å²) in [5.41, 5.74) is 20.2. The lowest BCUT2D eigenvalue weighted by atomic mass is 9.95. The van der Waals surface area contributed by atoms with Gasteiger partial charge in [0.25, 0.3) is 5.91 Å². The quantitative estimate of drug-likeness (QED) is 0.415. The highest BCUT2D eigenvalue weighted by atomic mass is 16.2. The molecule has 0 radical (unpaired) electrons. The third-order valence-electron chi connectivity index (χ3n) is 6.31. The van der Waals surface area contributed by atoms with Gasteiger partial charge in [-0.15, -0.1) is 0 Å². The van der Waals surface area contributed by atoms with E-state index in [9.17, 15) is 4.79 Å². The predicted molar refractivity (Wildman–Crippen MR) is 147 cm³/mol. The first-order valence-electron chi connectivity index (χ1n) is 12.2. The topological polar surface area (TPSA) is 113 Å². The van der Waals surface area contributed by atoms with Gasteiger partial charge in [0.1, 0.15) is 0 Å². The zero-order valence-electron chi connectivity index (χ0n) is 22.1. The van der Waals surface area contributed by atoms with Crippen molar-refractivity contribution in [3.05, 3.63) is 93.9 Å². The van der Waals surface area contributed by atoms with E-state index in [4.69, 9.17) is 11.5 Å². The molecule has 0 spiro atoms. The summed E-state index contributed by atoms with van der Waals surface area (Å²) in [7, 11) is 5.27. The van der Waals surface area contributed by atoms with Gasteiger partial charge in [-0.1, -0.05) is 23.8 Å². The van der Waals surface area contributed by atoms with E-state index < -0.39 is 0 Å². The standard InChI is InChI=1S/C28H39N7O/c1-19(16-24-20(2)32-13-10-23(24)25(29)7-9-27(30)31-3)18-35-14-11-21(12-15-35)26-8-6-22(17-33-26)28(36)34(4)5/h6-11,16-17,31-32H,12-15,18,29-30H2,1-5H3/b19-16+,25-7-,27-9+. The number of nitrogens with one attached hydrogen (secondary N) is 2.